The van der Waals surface area contributed by atoms with Crippen molar-refractivity contribution in [3.8, 4) is 0 Å². The summed E-state index contributed by atoms with van der Waals surface area (Å²) in [6.45, 7) is 2.80. The standard InChI is InChI=1S/C19H19Cl2N3O3S2/c1-2-3-8-24-17-7-5-13(29(22,26)27)10-16(17)23-19(24)28-11-18(25)12-4-6-14(20)15(21)9-12/h4-7,9-10H,2-3,8,11H2,1H3,(H2,22,26,27). The molecule has 0 aliphatic heterocycles. The van der Waals surface area contributed by atoms with Gasteiger partial charge in [0.2, 0.25) is 10.0 Å². The van der Waals surface area contributed by atoms with E-state index in [2.05, 4.69) is 11.9 Å². The smallest absolute Gasteiger partial charge is 0.238 e. The Kier molecular flexibility index (Phi) is 6.90. The van der Waals surface area contributed by atoms with Gasteiger partial charge in [0.15, 0.2) is 10.9 Å². The van der Waals surface area contributed by atoms with Gasteiger partial charge in [-0.25, -0.2) is 18.5 Å². The molecule has 0 bridgehead atoms. The van der Waals surface area contributed by atoms with Crippen molar-refractivity contribution in [3.63, 3.8) is 0 Å². The normalized spacial score (nSPS) is 11.9. The van der Waals surface area contributed by atoms with E-state index in [0.29, 0.717) is 32.8 Å². The molecule has 0 saturated heterocycles. The Hall–Kier alpha value is -1.58. The van der Waals surface area contributed by atoms with E-state index in [0.717, 1.165) is 18.4 Å². The molecule has 0 aliphatic carbocycles. The van der Waals surface area contributed by atoms with Gasteiger partial charge >= 0.3 is 0 Å². The number of rotatable bonds is 8. The maximum absolute atomic E-state index is 12.6. The zero-order valence-corrected chi connectivity index (χ0v) is 18.7. The Morgan fingerprint density at radius 3 is 2.59 bits per heavy atom. The summed E-state index contributed by atoms with van der Waals surface area (Å²) in [4.78, 5) is 17.1. The molecule has 3 rings (SSSR count). The van der Waals surface area contributed by atoms with E-state index in [1.807, 2.05) is 4.57 Å². The third kappa shape index (κ3) is 5.13. The first-order chi connectivity index (χ1) is 13.7. The van der Waals surface area contributed by atoms with Crippen molar-refractivity contribution in [2.24, 2.45) is 5.14 Å². The van der Waals surface area contributed by atoms with E-state index < -0.39 is 10.0 Å². The molecule has 6 nitrogen and oxygen atoms in total. The average Bonchev–Trinajstić information content (AvgIpc) is 3.02. The van der Waals surface area contributed by atoms with Crippen molar-refractivity contribution >= 4 is 61.8 Å². The minimum atomic E-state index is -3.82. The summed E-state index contributed by atoms with van der Waals surface area (Å²) in [6.07, 6.45) is 1.91. The van der Waals surface area contributed by atoms with E-state index in [4.69, 9.17) is 28.3 Å². The van der Waals surface area contributed by atoms with Crippen LogP contribution in [0.4, 0.5) is 0 Å². The zero-order chi connectivity index (χ0) is 21.2. The number of imidazole rings is 1. The summed E-state index contributed by atoms with van der Waals surface area (Å²) >= 11 is 13.2. The quantitative estimate of drug-likeness (QED) is 0.377. The Labute approximate surface area is 183 Å². The predicted molar refractivity (Wildman–Crippen MR) is 118 cm³/mol. The molecule has 10 heteroatoms. The van der Waals surface area contributed by atoms with Crippen LogP contribution in [0.25, 0.3) is 11.0 Å². The zero-order valence-electron chi connectivity index (χ0n) is 15.6. The van der Waals surface area contributed by atoms with E-state index in [1.165, 1.54) is 23.9 Å². The van der Waals surface area contributed by atoms with Gasteiger partial charge < -0.3 is 4.57 Å². The molecular weight excluding hydrogens is 453 g/mol. The molecule has 3 aromatic rings. The number of hydrogen-bond donors (Lipinski definition) is 1. The van der Waals surface area contributed by atoms with Gasteiger partial charge in [-0.05, 0) is 42.8 Å². The fraction of sp³-hybridized carbons (Fsp3) is 0.263. The highest BCUT2D eigenvalue weighted by Crippen LogP contribution is 2.28. The summed E-state index contributed by atoms with van der Waals surface area (Å²) in [5.74, 6) is 0.0583. The molecule has 29 heavy (non-hydrogen) atoms. The van der Waals surface area contributed by atoms with E-state index in [9.17, 15) is 13.2 Å². The molecule has 0 atom stereocenters. The van der Waals surface area contributed by atoms with Crippen LogP contribution in [-0.2, 0) is 16.6 Å². The average molecular weight is 472 g/mol. The van der Waals surface area contributed by atoms with E-state index >= 15 is 0 Å². The van der Waals surface area contributed by atoms with E-state index in [1.54, 1.807) is 24.3 Å². The van der Waals surface area contributed by atoms with Crippen LogP contribution < -0.4 is 5.14 Å². The van der Waals surface area contributed by atoms with Crippen molar-refractivity contribution < 1.29 is 13.2 Å². The number of Topliss-reactive ketones (excluding diaryl/α,β-unsaturated/α-hetero) is 1. The molecule has 1 aromatic heterocycles. The predicted octanol–water partition coefficient (Wildman–Crippen LogP) is 4.77. The van der Waals surface area contributed by atoms with Crippen LogP contribution in [0.2, 0.25) is 10.0 Å². The SMILES string of the molecule is CCCCn1c(SCC(=O)c2ccc(Cl)c(Cl)c2)nc2cc(S(N)(=O)=O)ccc21. The van der Waals surface area contributed by atoms with Crippen LogP contribution in [0.3, 0.4) is 0 Å². The second kappa shape index (κ2) is 9.06. The molecule has 0 unspecified atom stereocenters. The van der Waals surface area contributed by atoms with Crippen LogP contribution >= 0.6 is 35.0 Å². The Bertz CT molecular complexity index is 1180. The first-order valence-electron chi connectivity index (χ1n) is 8.85. The molecule has 0 saturated carbocycles. The molecule has 0 radical (unpaired) electrons. The molecule has 0 fully saturated rings. The van der Waals surface area contributed by atoms with Crippen LogP contribution in [-0.4, -0.2) is 29.5 Å². The van der Waals surface area contributed by atoms with Gasteiger partial charge in [0.25, 0.3) is 0 Å². The first kappa shape index (κ1) is 22.1. The Balaban J connectivity index is 1.90. The topological polar surface area (TPSA) is 95.0 Å². The number of ketones is 1. The third-order valence-corrected chi connectivity index (χ3v) is 6.95. The lowest BCUT2D eigenvalue weighted by Gasteiger charge is -2.08. The van der Waals surface area contributed by atoms with Gasteiger partial charge in [-0.1, -0.05) is 48.3 Å². The number of hydrogen-bond acceptors (Lipinski definition) is 5. The molecular formula is C19H19Cl2N3O3S2. The second-order valence-electron chi connectivity index (χ2n) is 6.44. The van der Waals surface area contributed by atoms with Gasteiger partial charge in [0.05, 0.1) is 31.7 Å². The number of carbonyl (C=O) groups excluding carboxylic acids is 1. The number of unbranched alkanes of at least 4 members (excludes halogenated alkanes) is 1. The van der Waals surface area contributed by atoms with Crippen LogP contribution in [0.5, 0.6) is 0 Å². The van der Waals surface area contributed by atoms with Gasteiger partial charge in [-0.2, -0.15) is 0 Å². The van der Waals surface area contributed by atoms with E-state index in [-0.39, 0.29) is 16.4 Å². The summed E-state index contributed by atoms with van der Waals surface area (Å²) < 4.78 is 25.3. The van der Waals surface area contributed by atoms with Gasteiger partial charge in [0, 0.05) is 12.1 Å². The lowest BCUT2D eigenvalue weighted by atomic mass is 10.1. The number of fused-ring (bicyclic) bond motifs is 1. The summed E-state index contributed by atoms with van der Waals surface area (Å²) in [5, 5.41) is 6.59. The molecule has 2 aromatic carbocycles. The van der Waals surface area contributed by atoms with Crippen molar-refractivity contribution in [1.82, 2.24) is 9.55 Å². The largest absolute Gasteiger partial charge is 0.319 e. The molecule has 0 aliphatic rings. The highest BCUT2D eigenvalue weighted by molar-refractivity contribution is 7.99. The number of benzene rings is 2. The van der Waals surface area contributed by atoms with Gasteiger partial charge in [0.1, 0.15) is 0 Å². The number of aromatic nitrogens is 2. The fourth-order valence-electron chi connectivity index (χ4n) is 2.79. The van der Waals surface area contributed by atoms with Crippen molar-refractivity contribution in [2.45, 2.75) is 36.4 Å². The van der Waals surface area contributed by atoms with Crippen molar-refractivity contribution in [3.05, 3.63) is 52.0 Å². The second-order valence-corrected chi connectivity index (χ2v) is 9.75. The lowest BCUT2D eigenvalue weighted by molar-refractivity contribution is 0.102. The number of primary sulfonamides is 1. The lowest BCUT2D eigenvalue weighted by Crippen LogP contribution is -2.11. The third-order valence-electron chi connectivity index (χ3n) is 4.32. The maximum Gasteiger partial charge on any atom is 0.238 e. The van der Waals surface area contributed by atoms with Gasteiger partial charge in [-0.15, -0.1) is 0 Å². The number of aryl methyl sites for hydroxylation is 1. The molecule has 1 heterocycles. The monoisotopic (exact) mass is 471 g/mol. The molecule has 154 valence electrons. The first-order valence-corrected chi connectivity index (χ1v) is 12.1. The van der Waals surface area contributed by atoms with Crippen molar-refractivity contribution in [1.29, 1.82) is 0 Å². The number of carbonyl (C=O) groups is 1. The maximum atomic E-state index is 12.6. The summed E-state index contributed by atoms with van der Waals surface area (Å²) in [5.41, 5.74) is 1.80. The van der Waals surface area contributed by atoms with Gasteiger partial charge in [-0.3, -0.25) is 4.79 Å². The number of thioether (sulfide) groups is 1. The van der Waals surface area contributed by atoms with Crippen molar-refractivity contribution in [2.75, 3.05) is 5.75 Å². The summed E-state index contributed by atoms with van der Waals surface area (Å²) in [7, 11) is -3.82. The van der Waals surface area contributed by atoms with Crippen LogP contribution in [0.15, 0.2) is 46.5 Å². The number of nitrogens with two attached hydrogens (primary N) is 1. The highest BCUT2D eigenvalue weighted by atomic mass is 35.5. The minimum absolute atomic E-state index is 0.00794. The summed E-state index contributed by atoms with van der Waals surface area (Å²) in [6, 6.07) is 9.39. The highest BCUT2D eigenvalue weighted by Gasteiger charge is 2.17. The number of halogens is 2. The number of sulfonamides is 1. The molecule has 2 N–H and O–H groups in total. The van der Waals surface area contributed by atoms with Crippen LogP contribution in [0.1, 0.15) is 30.1 Å². The minimum Gasteiger partial charge on any atom is -0.319 e. The Morgan fingerprint density at radius 2 is 1.93 bits per heavy atom. The molecule has 0 amide bonds. The number of nitrogens with zero attached hydrogens (tertiary/aromatic N) is 2. The Morgan fingerprint density at radius 1 is 1.17 bits per heavy atom. The molecule has 0 spiro atoms. The van der Waals surface area contributed by atoms with Crippen LogP contribution in [0, 0.1) is 0 Å². The fourth-order valence-corrected chi connectivity index (χ4v) is 4.56.